The minimum atomic E-state index is -0.465. The van der Waals surface area contributed by atoms with Crippen molar-refractivity contribution in [1.82, 2.24) is 0 Å². The van der Waals surface area contributed by atoms with Crippen molar-refractivity contribution < 1.29 is 9.72 Å². The van der Waals surface area contributed by atoms with E-state index in [1.165, 1.54) is 10.9 Å². The molecule has 1 unspecified atom stereocenters. The van der Waals surface area contributed by atoms with E-state index in [-0.39, 0.29) is 17.3 Å². The van der Waals surface area contributed by atoms with E-state index in [4.69, 9.17) is 0 Å². The van der Waals surface area contributed by atoms with Crippen molar-refractivity contribution in [3.8, 4) is 0 Å². The molecule has 0 saturated heterocycles. The lowest BCUT2D eigenvalue weighted by Crippen LogP contribution is -2.17. The molecule has 1 heterocycles. The average molecular weight is 330 g/mol. The van der Waals surface area contributed by atoms with Gasteiger partial charge in [-0.05, 0) is 49.3 Å². The van der Waals surface area contributed by atoms with E-state index in [1.807, 2.05) is 5.38 Å². The molecule has 1 aromatic heterocycles. The standard InChI is InChI=1S/C17H18N2O3S/c1-10-4-6-14(15(7-10)19(21)22)18-17(20)13-9-23-16-8-11(2)3-5-12(13)16/h4,6-7,9,11H,3,5,8H2,1-2H3,(H,18,20). The number of carbonyl (C=O) groups excluding carboxylic acids is 1. The lowest BCUT2D eigenvalue weighted by atomic mass is 9.88. The normalized spacial score (nSPS) is 16.7. The van der Waals surface area contributed by atoms with Gasteiger partial charge in [0.25, 0.3) is 11.6 Å². The smallest absolute Gasteiger partial charge is 0.293 e. The fraction of sp³-hybridized carbons (Fsp3) is 0.353. The number of hydrogen-bond donors (Lipinski definition) is 1. The van der Waals surface area contributed by atoms with Crippen LogP contribution < -0.4 is 5.32 Å². The van der Waals surface area contributed by atoms with Gasteiger partial charge in [0.15, 0.2) is 0 Å². The number of fused-ring (bicyclic) bond motifs is 1. The maximum absolute atomic E-state index is 12.6. The molecule has 0 saturated carbocycles. The van der Waals surface area contributed by atoms with Crippen LogP contribution in [0, 0.1) is 23.0 Å². The fourth-order valence-electron chi connectivity index (χ4n) is 2.96. The molecule has 0 fully saturated rings. The second-order valence-electron chi connectivity index (χ2n) is 6.13. The minimum absolute atomic E-state index is 0.0731. The summed E-state index contributed by atoms with van der Waals surface area (Å²) in [6, 6.07) is 4.82. The molecule has 1 atom stereocenters. The summed E-state index contributed by atoms with van der Waals surface area (Å²) < 4.78 is 0. The van der Waals surface area contributed by atoms with Gasteiger partial charge in [0.1, 0.15) is 5.69 Å². The first-order valence-corrected chi connectivity index (χ1v) is 8.49. The number of rotatable bonds is 3. The Kier molecular flexibility index (Phi) is 4.17. The summed E-state index contributed by atoms with van der Waals surface area (Å²) in [5.74, 6) is 0.388. The quantitative estimate of drug-likeness (QED) is 0.672. The topological polar surface area (TPSA) is 72.2 Å². The molecule has 5 nitrogen and oxygen atoms in total. The Balaban J connectivity index is 1.88. The molecule has 6 heteroatoms. The molecule has 0 radical (unpaired) electrons. The number of aryl methyl sites for hydroxylation is 1. The summed E-state index contributed by atoms with van der Waals surface area (Å²) in [4.78, 5) is 24.5. The van der Waals surface area contributed by atoms with Crippen molar-refractivity contribution in [3.05, 3.63) is 55.3 Å². The molecular weight excluding hydrogens is 312 g/mol. The number of nitro benzene ring substituents is 1. The number of amides is 1. The maximum Gasteiger partial charge on any atom is 0.293 e. The molecule has 1 aliphatic carbocycles. The Labute approximate surface area is 138 Å². The summed E-state index contributed by atoms with van der Waals surface area (Å²) >= 11 is 1.61. The van der Waals surface area contributed by atoms with E-state index in [9.17, 15) is 14.9 Å². The monoisotopic (exact) mass is 330 g/mol. The van der Waals surface area contributed by atoms with E-state index >= 15 is 0 Å². The van der Waals surface area contributed by atoms with Crippen molar-refractivity contribution >= 4 is 28.6 Å². The highest BCUT2D eigenvalue weighted by Gasteiger charge is 2.24. The molecule has 23 heavy (non-hydrogen) atoms. The lowest BCUT2D eigenvalue weighted by Gasteiger charge is -2.18. The summed E-state index contributed by atoms with van der Waals surface area (Å²) in [6.07, 6.45) is 2.99. The Morgan fingerprint density at radius 1 is 1.43 bits per heavy atom. The summed E-state index contributed by atoms with van der Waals surface area (Å²) in [7, 11) is 0. The predicted molar refractivity (Wildman–Crippen MR) is 91.3 cm³/mol. The zero-order valence-corrected chi connectivity index (χ0v) is 13.9. The lowest BCUT2D eigenvalue weighted by molar-refractivity contribution is -0.384. The third-order valence-corrected chi connectivity index (χ3v) is 5.30. The maximum atomic E-state index is 12.6. The van der Waals surface area contributed by atoms with Crippen molar-refractivity contribution in [2.24, 2.45) is 5.92 Å². The van der Waals surface area contributed by atoms with Crippen molar-refractivity contribution in [2.45, 2.75) is 33.1 Å². The van der Waals surface area contributed by atoms with Crippen molar-refractivity contribution in [1.29, 1.82) is 0 Å². The first-order chi connectivity index (χ1) is 11.0. The molecule has 3 rings (SSSR count). The number of anilines is 1. The molecule has 2 aromatic rings. The highest BCUT2D eigenvalue weighted by molar-refractivity contribution is 7.10. The molecule has 0 spiro atoms. The van der Waals surface area contributed by atoms with Gasteiger partial charge in [-0.2, -0.15) is 0 Å². The van der Waals surface area contributed by atoms with Crippen LogP contribution in [0.3, 0.4) is 0 Å². The van der Waals surface area contributed by atoms with Crippen molar-refractivity contribution in [2.75, 3.05) is 5.32 Å². The number of nitro groups is 1. The van der Waals surface area contributed by atoms with Gasteiger partial charge in [-0.1, -0.05) is 13.0 Å². The van der Waals surface area contributed by atoms with E-state index in [2.05, 4.69) is 12.2 Å². The summed E-state index contributed by atoms with van der Waals surface area (Å²) in [6.45, 7) is 4.01. The third-order valence-electron chi connectivity index (χ3n) is 4.24. The van der Waals surface area contributed by atoms with Crippen molar-refractivity contribution in [3.63, 3.8) is 0 Å². The molecular formula is C17H18N2O3S. The first kappa shape index (κ1) is 15.7. The third kappa shape index (κ3) is 3.12. The summed E-state index contributed by atoms with van der Waals surface area (Å²) in [5.41, 5.74) is 2.73. The Morgan fingerprint density at radius 2 is 2.22 bits per heavy atom. The zero-order valence-electron chi connectivity index (χ0n) is 13.1. The number of carbonyl (C=O) groups is 1. The van der Waals surface area contributed by atoms with Gasteiger partial charge in [-0.15, -0.1) is 11.3 Å². The molecule has 1 N–H and O–H groups in total. The van der Waals surface area contributed by atoms with Crippen LogP contribution in [0.25, 0.3) is 0 Å². The van der Waals surface area contributed by atoms with E-state index in [1.54, 1.807) is 30.4 Å². The molecule has 1 amide bonds. The Bertz CT molecular complexity index is 782. The fourth-order valence-corrected chi connectivity index (χ4v) is 4.20. The Morgan fingerprint density at radius 3 is 2.96 bits per heavy atom. The molecule has 1 aliphatic rings. The van der Waals surface area contributed by atoms with Crippen LogP contribution in [0.15, 0.2) is 23.6 Å². The van der Waals surface area contributed by atoms with Crippen LogP contribution in [0.4, 0.5) is 11.4 Å². The second-order valence-corrected chi connectivity index (χ2v) is 7.10. The number of thiophene rings is 1. The van der Waals surface area contributed by atoms with E-state index < -0.39 is 4.92 Å². The largest absolute Gasteiger partial charge is 0.316 e. The predicted octanol–water partition coefficient (Wildman–Crippen LogP) is 4.34. The van der Waals surface area contributed by atoms with Crippen LogP contribution in [-0.4, -0.2) is 10.8 Å². The summed E-state index contributed by atoms with van der Waals surface area (Å²) in [5, 5.41) is 15.7. The van der Waals surface area contributed by atoms with Gasteiger partial charge in [-0.25, -0.2) is 0 Å². The van der Waals surface area contributed by atoms with Crippen LogP contribution >= 0.6 is 11.3 Å². The van der Waals surface area contributed by atoms with Gasteiger partial charge < -0.3 is 5.32 Å². The van der Waals surface area contributed by atoms with Gasteiger partial charge in [-0.3, -0.25) is 14.9 Å². The van der Waals surface area contributed by atoms with Crippen LogP contribution in [0.5, 0.6) is 0 Å². The molecule has 1 aromatic carbocycles. The number of nitrogens with one attached hydrogen (secondary N) is 1. The minimum Gasteiger partial charge on any atom is -0.316 e. The van der Waals surface area contributed by atoms with Gasteiger partial charge in [0.2, 0.25) is 0 Å². The van der Waals surface area contributed by atoms with Crippen LogP contribution in [0.1, 0.15) is 39.7 Å². The Hall–Kier alpha value is -2.21. The van der Waals surface area contributed by atoms with Gasteiger partial charge in [0, 0.05) is 16.3 Å². The highest BCUT2D eigenvalue weighted by Crippen LogP contribution is 2.34. The number of nitrogens with zero attached hydrogens (tertiary/aromatic N) is 1. The van der Waals surface area contributed by atoms with Gasteiger partial charge >= 0.3 is 0 Å². The average Bonchev–Trinajstić information content (AvgIpc) is 2.91. The molecule has 0 bridgehead atoms. The molecule has 0 aliphatic heterocycles. The van der Waals surface area contributed by atoms with Crippen LogP contribution in [-0.2, 0) is 12.8 Å². The molecule has 120 valence electrons. The first-order valence-electron chi connectivity index (χ1n) is 7.61. The van der Waals surface area contributed by atoms with E-state index in [0.717, 1.165) is 30.4 Å². The second kappa shape index (κ2) is 6.12. The number of benzene rings is 1. The van der Waals surface area contributed by atoms with E-state index in [0.29, 0.717) is 11.5 Å². The SMILES string of the molecule is Cc1ccc(NC(=O)c2csc3c2CCC(C)C3)c([N+](=O)[O-])c1. The van der Waals surface area contributed by atoms with Gasteiger partial charge in [0.05, 0.1) is 10.5 Å². The number of hydrogen-bond acceptors (Lipinski definition) is 4. The zero-order chi connectivity index (χ0) is 16.6. The highest BCUT2D eigenvalue weighted by atomic mass is 32.1. The van der Waals surface area contributed by atoms with Crippen LogP contribution in [0.2, 0.25) is 0 Å².